The van der Waals surface area contributed by atoms with Crippen molar-refractivity contribution >= 4 is 29.3 Å². The minimum atomic E-state index is -0.460. The molecule has 4 rings (SSSR count). The smallest absolute Gasteiger partial charge is 0.320 e. The highest BCUT2D eigenvalue weighted by Crippen LogP contribution is 2.37. The molecule has 1 aliphatic rings. The zero-order valence-corrected chi connectivity index (χ0v) is 19.5. The minimum absolute atomic E-state index is 0.110. The number of hydrogen-bond acceptors (Lipinski definition) is 7. The number of nitrogens with zero attached hydrogens (tertiary/aromatic N) is 2. The van der Waals surface area contributed by atoms with Crippen LogP contribution in [-0.2, 0) is 16.0 Å². The van der Waals surface area contributed by atoms with Crippen LogP contribution in [0.4, 0.5) is 17.4 Å². The molecule has 1 aliphatic carbocycles. The number of aryl methyl sites for hydroxylation is 1. The number of aromatic nitrogens is 2. The van der Waals surface area contributed by atoms with Crippen molar-refractivity contribution in [2.75, 3.05) is 17.7 Å². The first-order valence-electron chi connectivity index (χ1n) is 11.7. The van der Waals surface area contributed by atoms with Crippen LogP contribution >= 0.6 is 0 Å². The van der Waals surface area contributed by atoms with Crippen molar-refractivity contribution in [3.8, 4) is 0 Å². The third-order valence-electron chi connectivity index (χ3n) is 6.40. The number of benzene rings is 2. The van der Waals surface area contributed by atoms with Crippen LogP contribution in [0.3, 0.4) is 0 Å². The lowest BCUT2D eigenvalue weighted by atomic mass is 9.77. The molecule has 0 bridgehead atoms. The van der Waals surface area contributed by atoms with Gasteiger partial charge in [-0.15, -0.1) is 5.10 Å². The molecule has 1 amide bonds. The van der Waals surface area contributed by atoms with Crippen molar-refractivity contribution in [1.29, 1.82) is 0 Å². The molecule has 178 valence electrons. The second-order valence-electron chi connectivity index (χ2n) is 8.66. The molecular formula is C26H30N4O4. The molecule has 1 heterocycles. The second-order valence-corrected chi connectivity index (χ2v) is 8.66. The van der Waals surface area contributed by atoms with Crippen molar-refractivity contribution in [3.05, 3.63) is 65.5 Å². The summed E-state index contributed by atoms with van der Waals surface area (Å²) in [6, 6.07) is 15.9. The van der Waals surface area contributed by atoms with E-state index in [0.717, 1.165) is 37.8 Å². The summed E-state index contributed by atoms with van der Waals surface area (Å²) < 4.78 is 10.2. The average Bonchev–Trinajstić information content (AvgIpc) is 3.34. The molecule has 34 heavy (non-hydrogen) atoms. The Kier molecular flexibility index (Phi) is 7.57. The van der Waals surface area contributed by atoms with Gasteiger partial charge in [-0.25, -0.2) is 0 Å². The Morgan fingerprint density at radius 2 is 1.65 bits per heavy atom. The van der Waals surface area contributed by atoms with Crippen LogP contribution < -0.4 is 10.6 Å². The van der Waals surface area contributed by atoms with Crippen molar-refractivity contribution in [3.63, 3.8) is 0 Å². The lowest BCUT2D eigenvalue weighted by Crippen LogP contribution is -2.17. The number of amides is 1. The standard InChI is InChI=1S/C26H30N4O4/c1-3-17-6-12-22(13-7-17)28-26-30-29-25(34-26)24(32)27-21-14-10-20(11-15-21)19-8-4-18(5-9-19)16-23(31)33-2/h6-7,10-15,18-19H,3-5,8-9,16H2,1-2H3,(H,27,32)(H,28,30). The molecule has 0 aliphatic heterocycles. The van der Waals surface area contributed by atoms with E-state index >= 15 is 0 Å². The number of ether oxygens (including phenoxy) is 1. The van der Waals surface area contributed by atoms with Gasteiger partial charge in [0.25, 0.3) is 0 Å². The van der Waals surface area contributed by atoms with Crippen LogP contribution in [0, 0.1) is 5.92 Å². The molecule has 1 aromatic heterocycles. The second kappa shape index (κ2) is 11.0. The summed E-state index contributed by atoms with van der Waals surface area (Å²) in [4.78, 5) is 24.0. The maximum Gasteiger partial charge on any atom is 0.320 e. The highest BCUT2D eigenvalue weighted by atomic mass is 16.5. The molecule has 0 radical (unpaired) electrons. The van der Waals surface area contributed by atoms with E-state index in [-0.39, 0.29) is 17.9 Å². The third kappa shape index (κ3) is 6.01. The molecule has 1 fully saturated rings. The Labute approximate surface area is 199 Å². The number of nitrogens with one attached hydrogen (secondary N) is 2. The van der Waals surface area contributed by atoms with E-state index in [2.05, 4.69) is 27.8 Å². The van der Waals surface area contributed by atoms with Crippen LogP contribution in [0.2, 0.25) is 0 Å². The monoisotopic (exact) mass is 462 g/mol. The molecule has 0 unspecified atom stereocenters. The summed E-state index contributed by atoms with van der Waals surface area (Å²) in [5.74, 6) is 0.179. The van der Waals surface area contributed by atoms with Gasteiger partial charge < -0.3 is 19.8 Å². The van der Waals surface area contributed by atoms with Crippen LogP contribution in [0.1, 0.15) is 66.8 Å². The number of esters is 1. The molecule has 0 atom stereocenters. The Bertz CT molecular complexity index is 1100. The van der Waals surface area contributed by atoms with Gasteiger partial charge in [-0.05, 0) is 79.3 Å². The topological polar surface area (TPSA) is 106 Å². The fraction of sp³-hybridized carbons (Fsp3) is 0.385. The lowest BCUT2D eigenvalue weighted by Gasteiger charge is -2.28. The molecule has 2 N–H and O–H groups in total. The van der Waals surface area contributed by atoms with Crippen LogP contribution in [0.25, 0.3) is 0 Å². The third-order valence-corrected chi connectivity index (χ3v) is 6.40. The molecule has 3 aromatic rings. The lowest BCUT2D eigenvalue weighted by molar-refractivity contribution is -0.142. The van der Waals surface area contributed by atoms with Crippen molar-refractivity contribution in [2.24, 2.45) is 5.92 Å². The molecule has 0 spiro atoms. The summed E-state index contributed by atoms with van der Waals surface area (Å²) in [6.07, 6.45) is 5.61. The summed E-state index contributed by atoms with van der Waals surface area (Å²) in [7, 11) is 1.44. The summed E-state index contributed by atoms with van der Waals surface area (Å²) >= 11 is 0. The Morgan fingerprint density at radius 3 is 2.29 bits per heavy atom. The number of rotatable bonds is 8. The quantitative estimate of drug-likeness (QED) is 0.428. The molecular weight excluding hydrogens is 432 g/mol. The van der Waals surface area contributed by atoms with Gasteiger partial charge in [0.1, 0.15) is 0 Å². The molecule has 8 nitrogen and oxygen atoms in total. The van der Waals surface area contributed by atoms with Gasteiger partial charge in [0.15, 0.2) is 0 Å². The van der Waals surface area contributed by atoms with E-state index in [1.807, 2.05) is 48.5 Å². The van der Waals surface area contributed by atoms with Gasteiger partial charge in [0, 0.05) is 17.8 Å². The first-order chi connectivity index (χ1) is 16.5. The SMILES string of the molecule is CCc1ccc(Nc2nnc(C(=O)Nc3ccc(C4CCC(CC(=O)OC)CC4)cc3)o2)cc1. The van der Waals surface area contributed by atoms with Crippen molar-refractivity contribution in [2.45, 2.75) is 51.4 Å². The zero-order valence-electron chi connectivity index (χ0n) is 19.5. The maximum atomic E-state index is 12.5. The fourth-order valence-electron chi connectivity index (χ4n) is 4.35. The predicted octanol–water partition coefficient (Wildman–Crippen LogP) is 5.46. The normalized spacial score (nSPS) is 17.7. The Balaban J connectivity index is 1.29. The first-order valence-corrected chi connectivity index (χ1v) is 11.7. The summed E-state index contributed by atoms with van der Waals surface area (Å²) in [5, 5.41) is 13.6. The van der Waals surface area contributed by atoms with Crippen LogP contribution in [0.5, 0.6) is 0 Å². The summed E-state index contributed by atoms with van der Waals surface area (Å²) in [6.45, 7) is 2.10. The number of methoxy groups -OCH3 is 1. The highest BCUT2D eigenvalue weighted by molar-refractivity contribution is 6.00. The van der Waals surface area contributed by atoms with E-state index in [4.69, 9.17) is 9.15 Å². The predicted molar refractivity (Wildman–Crippen MR) is 129 cm³/mol. The highest BCUT2D eigenvalue weighted by Gasteiger charge is 2.24. The Morgan fingerprint density at radius 1 is 0.971 bits per heavy atom. The van der Waals surface area contributed by atoms with E-state index in [9.17, 15) is 9.59 Å². The maximum absolute atomic E-state index is 12.5. The largest absolute Gasteiger partial charge is 0.469 e. The molecule has 8 heteroatoms. The van der Waals surface area contributed by atoms with Crippen molar-refractivity contribution < 1.29 is 18.7 Å². The molecule has 1 saturated carbocycles. The summed E-state index contributed by atoms with van der Waals surface area (Å²) in [5.41, 5.74) is 3.94. The van der Waals surface area contributed by atoms with Crippen LogP contribution in [0.15, 0.2) is 52.9 Å². The van der Waals surface area contributed by atoms with Gasteiger partial charge in [0.2, 0.25) is 0 Å². The van der Waals surface area contributed by atoms with Gasteiger partial charge in [-0.3, -0.25) is 9.59 Å². The fourth-order valence-corrected chi connectivity index (χ4v) is 4.35. The minimum Gasteiger partial charge on any atom is -0.469 e. The van der Waals surface area contributed by atoms with Gasteiger partial charge >= 0.3 is 23.8 Å². The van der Waals surface area contributed by atoms with E-state index in [0.29, 0.717) is 23.9 Å². The number of anilines is 3. The molecule has 2 aromatic carbocycles. The van der Waals surface area contributed by atoms with E-state index in [1.165, 1.54) is 18.2 Å². The Hall–Kier alpha value is -3.68. The number of carbonyl (C=O) groups excluding carboxylic acids is 2. The number of hydrogen-bond donors (Lipinski definition) is 2. The first kappa shape index (κ1) is 23.5. The van der Waals surface area contributed by atoms with Gasteiger partial charge in [-0.1, -0.05) is 36.3 Å². The van der Waals surface area contributed by atoms with Gasteiger partial charge in [0.05, 0.1) is 7.11 Å². The number of carbonyl (C=O) groups is 2. The van der Waals surface area contributed by atoms with Crippen molar-refractivity contribution in [1.82, 2.24) is 10.2 Å². The van der Waals surface area contributed by atoms with Gasteiger partial charge in [-0.2, -0.15) is 0 Å². The molecule has 0 saturated heterocycles. The van der Waals surface area contributed by atoms with E-state index < -0.39 is 5.91 Å². The zero-order chi connectivity index (χ0) is 23.9. The van der Waals surface area contributed by atoms with E-state index in [1.54, 1.807) is 0 Å². The average molecular weight is 463 g/mol. The van der Waals surface area contributed by atoms with Crippen LogP contribution in [-0.4, -0.2) is 29.2 Å².